The molecule has 0 radical (unpaired) electrons. The monoisotopic (exact) mass is 312 g/mol. The van der Waals surface area contributed by atoms with Crippen LogP contribution in [0.5, 0.6) is 11.5 Å². The van der Waals surface area contributed by atoms with Crippen molar-refractivity contribution in [2.45, 2.75) is 6.04 Å². The van der Waals surface area contributed by atoms with Crippen LogP contribution in [0.4, 0.5) is 0 Å². The average Bonchev–Trinajstić information content (AvgIpc) is 2.53. The maximum Gasteiger partial charge on any atom is 0.330 e. The number of rotatable bonds is 6. The van der Waals surface area contributed by atoms with Gasteiger partial charge in [0.15, 0.2) is 6.04 Å². The Hall–Kier alpha value is -3.15. The van der Waals surface area contributed by atoms with E-state index < -0.39 is 12.0 Å². The Morgan fingerprint density at radius 1 is 0.957 bits per heavy atom. The van der Waals surface area contributed by atoms with E-state index in [1.807, 2.05) is 0 Å². The highest BCUT2D eigenvalue weighted by atomic mass is 16.4. The number of phenolic OH excluding ortho intramolecular Hbond substituents is 2. The quantitative estimate of drug-likeness (QED) is 0.711. The summed E-state index contributed by atoms with van der Waals surface area (Å²) >= 11 is 0. The summed E-state index contributed by atoms with van der Waals surface area (Å²) in [6, 6.07) is 12.0. The third-order valence-electron chi connectivity index (χ3n) is 3.06. The molecule has 1 atom stereocenters. The van der Waals surface area contributed by atoms with Crippen molar-refractivity contribution in [2.24, 2.45) is 9.98 Å². The van der Waals surface area contributed by atoms with Crippen LogP contribution in [-0.4, -0.2) is 46.3 Å². The zero-order chi connectivity index (χ0) is 16.7. The van der Waals surface area contributed by atoms with Gasteiger partial charge in [0, 0.05) is 23.6 Å². The number of carbonyl (C=O) groups is 1. The highest BCUT2D eigenvalue weighted by Gasteiger charge is 2.14. The molecule has 2 aromatic rings. The van der Waals surface area contributed by atoms with Crippen LogP contribution in [0.1, 0.15) is 11.1 Å². The normalized spacial score (nSPS) is 12.7. The minimum atomic E-state index is -1.12. The maximum absolute atomic E-state index is 11.2. The average molecular weight is 312 g/mol. The molecule has 0 amide bonds. The number of carboxylic acid groups (broad SMARTS) is 1. The Labute approximate surface area is 133 Å². The molecule has 0 spiro atoms. The first kappa shape index (κ1) is 16.2. The molecule has 0 fully saturated rings. The van der Waals surface area contributed by atoms with Crippen LogP contribution in [0.3, 0.4) is 0 Å². The third kappa shape index (κ3) is 4.67. The summed E-state index contributed by atoms with van der Waals surface area (Å²) in [5.74, 6) is -1.02. The first-order chi connectivity index (χ1) is 11.1. The second kappa shape index (κ2) is 7.74. The zero-order valence-electron chi connectivity index (χ0n) is 12.2. The van der Waals surface area contributed by atoms with Gasteiger partial charge in [0.2, 0.25) is 0 Å². The van der Waals surface area contributed by atoms with Crippen molar-refractivity contribution in [1.82, 2.24) is 0 Å². The first-order valence-electron chi connectivity index (χ1n) is 6.89. The van der Waals surface area contributed by atoms with Gasteiger partial charge in [-0.15, -0.1) is 0 Å². The minimum Gasteiger partial charge on any atom is -0.507 e. The number of benzene rings is 2. The third-order valence-corrected chi connectivity index (χ3v) is 3.06. The number of phenols is 2. The molecule has 2 aromatic carbocycles. The highest BCUT2D eigenvalue weighted by Crippen LogP contribution is 2.14. The van der Waals surface area contributed by atoms with Crippen molar-refractivity contribution in [3.63, 3.8) is 0 Å². The molecule has 1 unspecified atom stereocenters. The number of hydrogen-bond donors (Lipinski definition) is 3. The zero-order valence-corrected chi connectivity index (χ0v) is 12.2. The van der Waals surface area contributed by atoms with Crippen molar-refractivity contribution in [2.75, 3.05) is 6.54 Å². The number of aliphatic carboxylic acids is 1. The van der Waals surface area contributed by atoms with Gasteiger partial charge in [0.05, 0.1) is 6.54 Å². The largest absolute Gasteiger partial charge is 0.507 e. The van der Waals surface area contributed by atoms with E-state index >= 15 is 0 Å². The molecule has 0 aliphatic carbocycles. The maximum atomic E-state index is 11.2. The minimum absolute atomic E-state index is 0.0260. The summed E-state index contributed by atoms with van der Waals surface area (Å²) in [6.07, 6.45) is 2.71. The summed E-state index contributed by atoms with van der Waals surface area (Å²) < 4.78 is 0. The van der Waals surface area contributed by atoms with Gasteiger partial charge < -0.3 is 15.3 Å². The standard InChI is InChI=1S/C17H16N2O4/c20-15-7-3-1-5-12(15)9-18-11-14(17(22)23)19-10-13-6-2-4-8-16(13)21/h1-10,14,20-21H,11H2,(H,22,23). The van der Waals surface area contributed by atoms with Crippen molar-refractivity contribution in [3.8, 4) is 11.5 Å². The number of para-hydroxylation sites is 2. The van der Waals surface area contributed by atoms with Gasteiger partial charge >= 0.3 is 5.97 Å². The fourth-order valence-corrected chi connectivity index (χ4v) is 1.80. The molecule has 0 heterocycles. The van der Waals surface area contributed by atoms with Crippen LogP contribution in [0.25, 0.3) is 0 Å². The van der Waals surface area contributed by atoms with Crippen molar-refractivity contribution < 1.29 is 20.1 Å². The summed E-state index contributed by atoms with van der Waals surface area (Å²) in [4.78, 5) is 19.2. The molecule has 2 rings (SSSR count). The second-order valence-electron chi connectivity index (χ2n) is 4.74. The lowest BCUT2D eigenvalue weighted by Gasteiger charge is -2.04. The molecule has 0 saturated heterocycles. The molecule has 0 aromatic heterocycles. The van der Waals surface area contributed by atoms with Gasteiger partial charge in [-0.1, -0.05) is 24.3 Å². The molecule has 6 nitrogen and oxygen atoms in total. The Bertz CT molecular complexity index is 741. The lowest BCUT2D eigenvalue weighted by Crippen LogP contribution is -2.21. The fourth-order valence-electron chi connectivity index (χ4n) is 1.80. The van der Waals surface area contributed by atoms with Gasteiger partial charge in [-0.3, -0.25) is 9.98 Å². The second-order valence-corrected chi connectivity index (χ2v) is 4.74. The Morgan fingerprint density at radius 3 is 2.00 bits per heavy atom. The number of aliphatic imine (C=N–C) groups is 2. The van der Waals surface area contributed by atoms with Crippen LogP contribution in [-0.2, 0) is 4.79 Å². The molecular formula is C17H16N2O4. The molecule has 23 heavy (non-hydrogen) atoms. The number of carboxylic acids is 1. The fraction of sp³-hybridized carbons (Fsp3) is 0.118. The van der Waals surface area contributed by atoms with Gasteiger partial charge in [0.25, 0.3) is 0 Å². The Balaban J connectivity index is 2.06. The van der Waals surface area contributed by atoms with Gasteiger partial charge in [-0.25, -0.2) is 4.79 Å². The molecular weight excluding hydrogens is 296 g/mol. The number of nitrogens with zero attached hydrogens (tertiary/aromatic N) is 2. The van der Waals surface area contributed by atoms with Crippen LogP contribution in [0.2, 0.25) is 0 Å². The number of hydrogen-bond acceptors (Lipinski definition) is 5. The molecule has 6 heteroatoms. The van der Waals surface area contributed by atoms with E-state index in [0.29, 0.717) is 11.1 Å². The topological polar surface area (TPSA) is 102 Å². The summed E-state index contributed by atoms with van der Waals surface area (Å²) in [7, 11) is 0. The van der Waals surface area contributed by atoms with E-state index in [2.05, 4.69) is 9.98 Å². The molecule has 0 aliphatic rings. The molecule has 3 N–H and O–H groups in total. The first-order valence-corrected chi connectivity index (χ1v) is 6.89. The van der Waals surface area contributed by atoms with Crippen molar-refractivity contribution in [3.05, 3.63) is 59.7 Å². The summed E-state index contributed by atoms with van der Waals surface area (Å²) in [6.45, 7) is -0.0756. The summed E-state index contributed by atoms with van der Waals surface area (Å²) in [5, 5.41) is 28.4. The Kier molecular flexibility index (Phi) is 5.46. The Morgan fingerprint density at radius 2 is 1.48 bits per heavy atom. The van der Waals surface area contributed by atoms with Gasteiger partial charge in [-0.2, -0.15) is 0 Å². The molecule has 118 valence electrons. The SMILES string of the molecule is O=C(O)C(CN=Cc1ccccc1O)N=Cc1ccccc1O. The van der Waals surface area contributed by atoms with E-state index in [1.54, 1.807) is 36.4 Å². The predicted octanol–water partition coefficient (Wildman–Crippen LogP) is 2.09. The smallest absolute Gasteiger partial charge is 0.330 e. The van der Waals surface area contributed by atoms with E-state index in [1.165, 1.54) is 24.6 Å². The van der Waals surface area contributed by atoms with Crippen LogP contribution in [0.15, 0.2) is 58.5 Å². The highest BCUT2D eigenvalue weighted by molar-refractivity contribution is 5.86. The van der Waals surface area contributed by atoms with Crippen LogP contribution < -0.4 is 0 Å². The molecule has 0 saturated carbocycles. The van der Waals surface area contributed by atoms with Crippen molar-refractivity contribution in [1.29, 1.82) is 0 Å². The van der Waals surface area contributed by atoms with Crippen LogP contribution in [0, 0.1) is 0 Å². The van der Waals surface area contributed by atoms with E-state index in [0.717, 1.165) is 0 Å². The predicted molar refractivity (Wildman–Crippen MR) is 87.7 cm³/mol. The lowest BCUT2D eigenvalue weighted by atomic mass is 10.2. The van der Waals surface area contributed by atoms with Gasteiger partial charge in [-0.05, 0) is 24.3 Å². The number of aromatic hydroxyl groups is 2. The van der Waals surface area contributed by atoms with Gasteiger partial charge in [0.1, 0.15) is 11.5 Å². The van der Waals surface area contributed by atoms with Crippen LogP contribution >= 0.6 is 0 Å². The lowest BCUT2D eigenvalue weighted by molar-refractivity contribution is -0.138. The van der Waals surface area contributed by atoms with E-state index in [9.17, 15) is 20.1 Å². The summed E-state index contributed by atoms with van der Waals surface area (Å²) in [5.41, 5.74) is 0.935. The van der Waals surface area contributed by atoms with Crippen molar-refractivity contribution >= 4 is 18.4 Å². The molecule has 0 bridgehead atoms. The van der Waals surface area contributed by atoms with E-state index in [-0.39, 0.29) is 18.0 Å². The molecule has 0 aliphatic heterocycles. The van der Waals surface area contributed by atoms with E-state index in [4.69, 9.17) is 0 Å².